The van der Waals surface area contributed by atoms with Gasteiger partial charge in [-0.15, -0.1) is 0 Å². The van der Waals surface area contributed by atoms with E-state index in [1.165, 1.54) is 12.2 Å². The van der Waals surface area contributed by atoms with Crippen molar-refractivity contribution >= 4 is 26.8 Å². The highest BCUT2D eigenvalue weighted by molar-refractivity contribution is 8.00. The van der Waals surface area contributed by atoms with Crippen molar-refractivity contribution in [3.63, 3.8) is 0 Å². The lowest BCUT2D eigenvalue weighted by Crippen LogP contribution is -1.85. The second-order valence-electron chi connectivity index (χ2n) is 1.21. The standard InChI is InChI=1S/C4H2O2P2/c5-3-1-2-4(6)8-7-3/h1-2H. The molecule has 1 rings (SSSR count). The maximum Gasteiger partial charge on any atom is 0.209 e. The molecule has 0 aromatic carbocycles. The van der Waals surface area contributed by atoms with Crippen LogP contribution in [0.25, 0.3) is 0 Å². The third-order valence-electron chi connectivity index (χ3n) is 0.616. The van der Waals surface area contributed by atoms with Crippen molar-refractivity contribution in [3.8, 4) is 0 Å². The zero-order valence-corrected chi connectivity index (χ0v) is 5.65. The Labute approximate surface area is 49.4 Å². The highest BCUT2D eigenvalue weighted by atomic mass is 31.7. The third-order valence-corrected chi connectivity index (χ3v) is 2.89. The second kappa shape index (κ2) is 2.30. The summed E-state index contributed by atoms with van der Waals surface area (Å²) >= 11 is 0. The number of hydrogen-bond acceptors (Lipinski definition) is 2. The van der Waals surface area contributed by atoms with Crippen molar-refractivity contribution < 1.29 is 9.59 Å². The van der Waals surface area contributed by atoms with Crippen LogP contribution in [0, 0.1) is 0 Å². The first-order valence-electron chi connectivity index (χ1n) is 1.97. The third kappa shape index (κ3) is 1.33. The molecule has 0 aromatic rings. The zero-order chi connectivity index (χ0) is 5.98. The molecule has 0 bridgehead atoms. The monoisotopic (exact) mass is 144 g/mol. The van der Waals surface area contributed by atoms with E-state index >= 15 is 0 Å². The van der Waals surface area contributed by atoms with Crippen LogP contribution in [0.5, 0.6) is 0 Å². The lowest BCUT2D eigenvalue weighted by atomic mass is 10.5. The van der Waals surface area contributed by atoms with Gasteiger partial charge in [-0.3, -0.25) is 9.59 Å². The van der Waals surface area contributed by atoms with Crippen molar-refractivity contribution in [3.05, 3.63) is 12.2 Å². The van der Waals surface area contributed by atoms with Crippen molar-refractivity contribution in [2.45, 2.75) is 0 Å². The summed E-state index contributed by atoms with van der Waals surface area (Å²) in [6.45, 7) is 0. The molecule has 1 aliphatic rings. The van der Waals surface area contributed by atoms with Crippen molar-refractivity contribution in [2.75, 3.05) is 0 Å². The summed E-state index contributed by atoms with van der Waals surface area (Å²) in [4.78, 5) is 20.7. The number of allylic oxidation sites excluding steroid dienone is 2. The van der Waals surface area contributed by atoms with Gasteiger partial charge in [0.05, 0.1) is 0 Å². The second-order valence-corrected chi connectivity index (χ2v) is 3.69. The Kier molecular flexibility index (Phi) is 1.67. The van der Waals surface area contributed by atoms with E-state index in [2.05, 4.69) is 0 Å². The van der Waals surface area contributed by atoms with E-state index in [-0.39, 0.29) is 11.0 Å². The summed E-state index contributed by atoms with van der Waals surface area (Å²) in [5.41, 5.74) is 0.0394. The van der Waals surface area contributed by atoms with E-state index in [0.29, 0.717) is 15.7 Å². The van der Waals surface area contributed by atoms with E-state index in [9.17, 15) is 9.59 Å². The average Bonchev–Trinajstić information content (AvgIpc) is 1.77. The number of carbonyl (C=O) groups is 2. The SMILES string of the molecule is O=C1C=CC(=O)P=P1. The van der Waals surface area contributed by atoms with Crippen LogP contribution in [0.3, 0.4) is 0 Å². The summed E-state index contributed by atoms with van der Waals surface area (Å²) in [6.07, 6.45) is 2.64. The molecule has 0 spiro atoms. The van der Waals surface area contributed by atoms with Gasteiger partial charge in [0.15, 0.2) is 0 Å². The number of carbonyl (C=O) groups excluding carboxylic acids is 2. The van der Waals surface area contributed by atoms with Gasteiger partial charge in [0.25, 0.3) is 0 Å². The highest BCUT2D eigenvalue weighted by Gasteiger charge is 2.00. The lowest BCUT2D eigenvalue weighted by Gasteiger charge is -1.85. The van der Waals surface area contributed by atoms with E-state index < -0.39 is 0 Å². The van der Waals surface area contributed by atoms with Gasteiger partial charge in [0.1, 0.15) is 0 Å². The van der Waals surface area contributed by atoms with Gasteiger partial charge in [-0.25, -0.2) is 0 Å². The van der Waals surface area contributed by atoms with Crippen LogP contribution in [0.15, 0.2) is 12.2 Å². The Hall–Kier alpha value is -0.320. The molecular weight excluding hydrogens is 142 g/mol. The average molecular weight is 144 g/mol. The molecule has 0 fully saturated rings. The summed E-state index contributed by atoms with van der Waals surface area (Å²) < 4.78 is 0. The van der Waals surface area contributed by atoms with Gasteiger partial charge in [-0.05, 0) is 12.2 Å². The van der Waals surface area contributed by atoms with Crippen LogP contribution in [0.2, 0.25) is 0 Å². The number of rotatable bonds is 0. The zero-order valence-electron chi connectivity index (χ0n) is 3.87. The van der Waals surface area contributed by atoms with Crippen LogP contribution in [0.4, 0.5) is 0 Å². The molecule has 0 aromatic heterocycles. The molecule has 0 atom stereocenters. The minimum Gasteiger partial charge on any atom is -0.284 e. The molecule has 0 radical (unpaired) electrons. The van der Waals surface area contributed by atoms with Crippen LogP contribution in [-0.4, -0.2) is 11.0 Å². The molecule has 4 heteroatoms. The first kappa shape index (κ1) is 5.81. The molecule has 0 amide bonds. The van der Waals surface area contributed by atoms with E-state index in [1.54, 1.807) is 0 Å². The first-order chi connectivity index (χ1) is 3.79. The molecule has 0 saturated carbocycles. The van der Waals surface area contributed by atoms with Gasteiger partial charge in [0, 0.05) is 15.7 Å². The smallest absolute Gasteiger partial charge is 0.209 e. The maximum atomic E-state index is 10.4. The van der Waals surface area contributed by atoms with Gasteiger partial charge >= 0.3 is 0 Å². The summed E-state index contributed by atoms with van der Waals surface area (Å²) in [7, 11) is 1.18. The quantitative estimate of drug-likeness (QED) is 0.481. The molecule has 1 aliphatic heterocycles. The topological polar surface area (TPSA) is 34.1 Å². The van der Waals surface area contributed by atoms with E-state index in [4.69, 9.17) is 0 Å². The van der Waals surface area contributed by atoms with Gasteiger partial charge in [0.2, 0.25) is 11.0 Å². The fourth-order valence-electron chi connectivity index (χ4n) is 0.308. The van der Waals surface area contributed by atoms with E-state index in [1.807, 2.05) is 0 Å². The van der Waals surface area contributed by atoms with Crippen molar-refractivity contribution in [2.24, 2.45) is 0 Å². The Balaban J connectivity index is 2.83. The fraction of sp³-hybridized carbons (Fsp3) is 0. The number of hydrogen-bond donors (Lipinski definition) is 0. The summed E-state index contributed by atoms with van der Waals surface area (Å²) in [6, 6.07) is 0. The first-order valence-corrected chi connectivity index (χ1v) is 4.46. The summed E-state index contributed by atoms with van der Waals surface area (Å²) in [5, 5.41) is 0. The van der Waals surface area contributed by atoms with Gasteiger partial charge in [-0.2, -0.15) is 0 Å². The Morgan fingerprint density at radius 3 is 1.62 bits per heavy atom. The van der Waals surface area contributed by atoms with Gasteiger partial charge in [-0.1, -0.05) is 0 Å². The van der Waals surface area contributed by atoms with E-state index in [0.717, 1.165) is 0 Å². The normalized spacial score (nSPS) is 21.5. The van der Waals surface area contributed by atoms with Crippen LogP contribution < -0.4 is 0 Å². The Morgan fingerprint density at radius 1 is 1.00 bits per heavy atom. The lowest BCUT2D eigenvalue weighted by molar-refractivity contribution is -0.109. The maximum absolute atomic E-state index is 10.4. The highest BCUT2D eigenvalue weighted by Crippen LogP contribution is 2.22. The van der Waals surface area contributed by atoms with Crippen LogP contribution >= 0.6 is 15.7 Å². The molecule has 0 aliphatic carbocycles. The molecule has 0 saturated heterocycles. The fourth-order valence-corrected chi connectivity index (χ4v) is 1.78. The largest absolute Gasteiger partial charge is 0.284 e. The molecule has 0 N–H and O–H groups in total. The predicted molar refractivity (Wildman–Crippen MR) is 33.0 cm³/mol. The molecule has 1 heterocycles. The Morgan fingerprint density at radius 2 is 1.38 bits per heavy atom. The minimum absolute atomic E-state index is 0.0197. The minimum atomic E-state index is 0.0197. The summed E-state index contributed by atoms with van der Waals surface area (Å²) in [5.74, 6) is 0. The molecule has 8 heavy (non-hydrogen) atoms. The van der Waals surface area contributed by atoms with Gasteiger partial charge < -0.3 is 0 Å². The molecular formula is C4H2O2P2. The molecule has 0 unspecified atom stereocenters. The van der Waals surface area contributed by atoms with Crippen LogP contribution in [0.1, 0.15) is 0 Å². The van der Waals surface area contributed by atoms with Crippen molar-refractivity contribution in [1.29, 1.82) is 0 Å². The molecule has 40 valence electrons. The predicted octanol–water partition coefficient (Wildman–Crippen LogP) is 1.42. The Bertz CT molecular complexity index is 154. The molecule has 2 nitrogen and oxygen atoms in total. The van der Waals surface area contributed by atoms with Crippen LogP contribution in [-0.2, 0) is 9.59 Å². The van der Waals surface area contributed by atoms with Crippen molar-refractivity contribution in [1.82, 2.24) is 0 Å².